The molecule has 3 nitrogen and oxygen atoms in total. The summed E-state index contributed by atoms with van der Waals surface area (Å²) >= 11 is 0. The van der Waals surface area contributed by atoms with Crippen molar-refractivity contribution in [1.29, 1.82) is 0 Å². The van der Waals surface area contributed by atoms with Crippen LogP contribution in [0.2, 0.25) is 0 Å². The van der Waals surface area contributed by atoms with Crippen molar-refractivity contribution in [3.63, 3.8) is 0 Å². The third kappa shape index (κ3) is 5.62. The lowest BCUT2D eigenvalue weighted by Crippen LogP contribution is -2.12. The molecule has 0 saturated carbocycles. The fraction of sp³-hybridized carbons (Fsp3) is 0.875. The Morgan fingerprint density at radius 2 is 2.00 bits per heavy atom. The first-order valence-electron chi connectivity index (χ1n) is 4.09. The summed E-state index contributed by atoms with van der Waals surface area (Å²) in [4.78, 5) is 0. The molecule has 0 radical (unpaired) electrons. The van der Waals surface area contributed by atoms with Crippen molar-refractivity contribution < 1.29 is 4.58 Å². The van der Waals surface area contributed by atoms with Crippen LogP contribution >= 0.6 is 0 Å². The lowest BCUT2D eigenvalue weighted by Gasteiger charge is -1.95. The summed E-state index contributed by atoms with van der Waals surface area (Å²) in [6, 6.07) is 2.95. The fourth-order valence-electron chi connectivity index (χ4n) is 0.701. The van der Waals surface area contributed by atoms with E-state index in [-0.39, 0.29) is 0 Å². The lowest BCUT2D eigenvalue weighted by molar-refractivity contribution is -0.518. The number of hydrogen-bond donors (Lipinski definition) is 0. The highest BCUT2D eigenvalue weighted by Crippen LogP contribution is 1.78. The summed E-state index contributed by atoms with van der Waals surface area (Å²) in [5, 5.41) is 5.77. The van der Waals surface area contributed by atoms with Crippen molar-refractivity contribution >= 4 is 6.01 Å². The molecule has 0 aromatic rings. The van der Waals surface area contributed by atoms with Gasteiger partial charge in [0.2, 0.25) is 0 Å². The maximum atomic E-state index is 4.02. The van der Waals surface area contributed by atoms with Crippen molar-refractivity contribution in [2.75, 3.05) is 27.2 Å². The summed E-state index contributed by atoms with van der Waals surface area (Å²) in [6.07, 6.45) is 1.14. The Morgan fingerprint density at radius 3 is 2.36 bits per heavy atom. The minimum atomic E-state index is 0.977. The Kier molecular flexibility index (Phi) is 5.49. The van der Waals surface area contributed by atoms with E-state index >= 15 is 0 Å². The molecule has 11 heavy (non-hydrogen) atoms. The molecule has 0 heterocycles. The van der Waals surface area contributed by atoms with Gasteiger partial charge in [-0.3, -0.25) is 0 Å². The van der Waals surface area contributed by atoms with Gasteiger partial charge < -0.3 is 0 Å². The van der Waals surface area contributed by atoms with Gasteiger partial charge >= 0.3 is 6.01 Å². The van der Waals surface area contributed by atoms with Gasteiger partial charge in [-0.05, 0) is 13.3 Å². The maximum Gasteiger partial charge on any atom is 0.338 e. The van der Waals surface area contributed by atoms with Gasteiger partial charge in [0.15, 0.2) is 0 Å². The molecule has 0 aromatic carbocycles. The fourth-order valence-corrected chi connectivity index (χ4v) is 0.701. The van der Waals surface area contributed by atoms with Crippen LogP contribution in [0.15, 0.2) is 5.10 Å². The minimum Gasteiger partial charge on any atom is -0.218 e. The molecule has 0 aromatic heterocycles. The zero-order valence-electron chi connectivity index (χ0n) is 7.96. The van der Waals surface area contributed by atoms with E-state index in [1.54, 1.807) is 5.01 Å². The quantitative estimate of drug-likeness (QED) is 0.338. The third-order valence-corrected chi connectivity index (χ3v) is 1.26. The van der Waals surface area contributed by atoms with Gasteiger partial charge in [-0.15, -0.1) is 0 Å². The summed E-state index contributed by atoms with van der Waals surface area (Å²) < 4.78 is 2.07. The molecule has 0 atom stereocenters. The molecule has 3 heteroatoms. The smallest absolute Gasteiger partial charge is 0.218 e. The largest absolute Gasteiger partial charge is 0.338 e. The maximum absolute atomic E-state index is 4.02. The van der Waals surface area contributed by atoms with Crippen molar-refractivity contribution in [3.05, 3.63) is 0 Å². The van der Waals surface area contributed by atoms with E-state index in [1.807, 2.05) is 14.1 Å². The molecule has 0 amide bonds. The molecule has 0 fully saturated rings. The first-order valence-corrected chi connectivity index (χ1v) is 4.09. The van der Waals surface area contributed by atoms with Crippen LogP contribution < -0.4 is 0 Å². The monoisotopic (exact) mass is 156 g/mol. The molecule has 0 aliphatic heterocycles. The van der Waals surface area contributed by atoms with E-state index in [0.29, 0.717) is 0 Å². The second-order valence-electron chi connectivity index (χ2n) is 2.63. The second-order valence-corrected chi connectivity index (χ2v) is 2.63. The first-order chi connectivity index (χ1) is 5.20. The highest BCUT2D eigenvalue weighted by Gasteiger charge is 1.93. The molecule has 0 bridgehead atoms. The summed E-state index contributed by atoms with van der Waals surface area (Å²) in [5.74, 6) is 0. The summed E-state index contributed by atoms with van der Waals surface area (Å²) in [5.41, 5.74) is 0. The van der Waals surface area contributed by atoms with E-state index < -0.39 is 0 Å². The Bertz CT molecular complexity index is 155. The van der Waals surface area contributed by atoms with Crippen LogP contribution in [0.5, 0.6) is 0 Å². The number of hydrazone groups is 1. The second kappa shape index (κ2) is 5.93. The molecule has 64 valence electrons. The van der Waals surface area contributed by atoms with Crippen LogP contribution in [-0.2, 0) is 0 Å². The zero-order chi connectivity index (χ0) is 8.69. The van der Waals surface area contributed by atoms with Crippen LogP contribution in [0.25, 0.3) is 0 Å². The minimum absolute atomic E-state index is 0.977. The molecule has 0 spiro atoms. The number of nitrogens with zero attached hydrogens (tertiary/aromatic N) is 3. The highest BCUT2D eigenvalue weighted by atomic mass is 15.4. The molecule has 0 unspecified atom stereocenters. The van der Waals surface area contributed by atoms with Crippen molar-refractivity contribution in [2.45, 2.75) is 20.3 Å². The molecule has 0 rings (SSSR count). The van der Waals surface area contributed by atoms with E-state index in [1.165, 1.54) is 0 Å². The van der Waals surface area contributed by atoms with Gasteiger partial charge in [-0.25, -0.2) is 9.58 Å². The Morgan fingerprint density at radius 1 is 1.36 bits per heavy atom. The average Bonchev–Trinajstić information content (AvgIpc) is 1.97. The summed E-state index contributed by atoms with van der Waals surface area (Å²) in [6.45, 7) is 6.27. The number of rotatable bonds is 4. The molecule has 0 aliphatic rings. The standard InChI is InChI=1S/C8H18N3/c1-5-7-11(6-2)8-9-10(3)4/h5-7H2,1-4H3/q+1. The Labute approximate surface area is 69.0 Å². The predicted octanol–water partition coefficient (Wildman–Crippen LogP) is 1.08. The normalized spacial score (nSPS) is 8.73. The van der Waals surface area contributed by atoms with Crippen molar-refractivity contribution in [3.8, 4) is 0 Å². The average molecular weight is 156 g/mol. The molecule has 0 saturated heterocycles. The van der Waals surface area contributed by atoms with Gasteiger partial charge in [0.25, 0.3) is 0 Å². The van der Waals surface area contributed by atoms with Crippen LogP contribution in [-0.4, -0.2) is 42.8 Å². The number of hydrogen-bond acceptors (Lipinski definition) is 2. The van der Waals surface area contributed by atoms with E-state index in [9.17, 15) is 0 Å². The molecular formula is C8H18N3+. The van der Waals surface area contributed by atoms with Crippen molar-refractivity contribution in [2.24, 2.45) is 5.10 Å². The van der Waals surface area contributed by atoms with Crippen LogP contribution in [0, 0.1) is 0 Å². The predicted molar refractivity (Wildman–Crippen MR) is 47.1 cm³/mol. The van der Waals surface area contributed by atoms with Crippen molar-refractivity contribution in [1.82, 2.24) is 5.01 Å². The Balaban J connectivity index is 4.09. The van der Waals surface area contributed by atoms with E-state index in [2.05, 4.69) is 29.5 Å². The zero-order valence-corrected chi connectivity index (χ0v) is 7.96. The third-order valence-electron chi connectivity index (χ3n) is 1.26. The molecule has 0 aliphatic carbocycles. The lowest BCUT2D eigenvalue weighted by atomic mass is 10.5. The van der Waals surface area contributed by atoms with E-state index in [0.717, 1.165) is 19.5 Å². The van der Waals surface area contributed by atoms with Gasteiger partial charge in [0.1, 0.15) is 0 Å². The van der Waals surface area contributed by atoms with Crippen LogP contribution in [0.3, 0.4) is 0 Å². The van der Waals surface area contributed by atoms with Gasteiger partial charge in [0.05, 0.1) is 18.2 Å². The molecule has 0 N–H and O–H groups in total. The molecular weight excluding hydrogens is 138 g/mol. The van der Waals surface area contributed by atoms with E-state index in [4.69, 9.17) is 0 Å². The SMILES string of the molecule is CCC[N+](=C=NN(C)C)CC. The topological polar surface area (TPSA) is 18.6 Å². The highest BCUT2D eigenvalue weighted by molar-refractivity contribution is 5.33. The van der Waals surface area contributed by atoms with Gasteiger partial charge in [-0.2, -0.15) is 0 Å². The van der Waals surface area contributed by atoms with Crippen LogP contribution in [0.1, 0.15) is 20.3 Å². The Hall–Kier alpha value is -0.820. The van der Waals surface area contributed by atoms with Gasteiger partial charge in [-0.1, -0.05) is 6.92 Å². The van der Waals surface area contributed by atoms with Crippen LogP contribution in [0.4, 0.5) is 0 Å². The summed E-state index contributed by atoms with van der Waals surface area (Å²) in [7, 11) is 3.79. The van der Waals surface area contributed by atoms with Gasteiger partial charge in [0, 0.05) is 14.1 Å². The first kappa shape index (κ1) is 10.2.